The zero-order valence-electron chi connectivity index (χ0n) is 12.8. The van der Waals surface area contributed by atoms with E-state index in [0.29, 0.717) is 34.5 Å². The van der Waals surface area contributed by atoms with E-state index in [2.05, 4.69) is 10.1 Å². The number of rotatable bonds is 2. The second-order valence-corrected chi connectivity index (χ2v) is 6.64. The van der Waals surface area contributed by atoms with E-state index in [9.17, 15) is 5.21 Å². The molecule has 4 nitrogen and oxygen atoms in total. The molecule has 0 radical (unpaired) electrons. The number of piperazine rings is 1. The first-order chi connectivity index (χ1) is 11.6. The molecule has 0 saturated carbocycles. The first-order valence-electron chi connectivity index (χ1n) is 7.52. The summed E-state index contributed by atoms with van der Waals surface area (Å²) < 4.78 is 0. The van der Waals surface area contributed by atoms with Crippen LogP contribution in [-0.4, -0.2) is 42.1 Å². The van der Waals surface area contributed by atoms with E-state index < -0.39 is 0 Å². The van der Waals surface area contributed by atoms with Gasteiger partial charge >= 0.3 is 0 Å². The summed E-state index contributed by atoms with van der Waals surface area (Å²) in [4.78, 5) is 4.21. The third-order valence-electron chi connectivity index (χ3n) is 4.06. The lowest BCUT2D eigenvalue weighted by atomic mass is 10.1. The maximum atomic E-state index is 9.48. The van der Waals surface area contributed by atoms with Crippen LogP contribution in [0.3, 0.4) is 0 Å². The number of nitrogens with zero attached hydrogens (tertiary/aromatic N) is 3. The Balaban J connectivity index is 1.76. The van der Waals surface area contributed by atoms with Crippen LogP contribution in [0.2, 0.25) is 15.1 Å². The quantitative estimate of drug-likeness (QED) is 0.356. The molecule has 0 aliphatic carbocycles. The minimum absolute atomic E-state index is 0.389. The van der Waals surface area contributed by atoms with Crippen LogP contribution >= 0.6 is 34.8 Å². The molecule has 126 valence electrons. The molecular formula is C17H16Cl3N3O. The van der Waals surface area contributed by atoms with Gasteiger partial charge in [0, 0.05) is 31.7 Å². The van der Waals surface area contributed by atoms with Gasteiger partial charge in [-0.1, -0.05) is 58.2 Å². The third-order valence-corrected chi connectivity index (χ3v) is 5.20. The van der Waals surface area contributed by atoms with Gasteiger partial charge in [0.15, 0.2) is 5.84 Å². The standard InChI is InChI=1S/C17H16Cl3N3O/c18-13-5-1-2-7-15(13)22-8-10-23(11-9-22)17(21-24)12-4-3-6-14(19)16(12)20/h1-7,24H,8-11H2/b21-17+. The smallest absolute Gasteiger partial charge is 0.176 e. The van der Waals surface area contributed by atoms with Crippen molar-refractivity contribution in [3.05, 3.63) is 63.1 Å². The Kier molecular flexibility index (Phi) is 5.39. The fourth-order valence-electron chi connectivity index (χ4n) is 2.83. The normalized spacial score (nSPS) is 15.7. The minimum Gasteiger partial charge on any atom is -0.409 e. The second kappa shape index (κ2) is 7.51. The molecule has 1 aliphatic rings. The van der Waals surface area contributed by atoms with Gasteiger partial charge in [-0.2, -0.15) is 0 Å². The van der Waals surface area contributed by atoms with Crippen LogP contribution in [0.5, 0.6) is 0 Å². The third kappa shape index (κ3) is 3.41. The van der Waals surface area contributed by atoms with E-state index in [4.69, 9.17) is 34.8 Å². The van der Waals surface area contributed by atoms with Gasteiger partial charge in [0.1, 0.15) is 0 Å². The van der Waals surface area contributed by atoms with E-state index in [-0.39, 0.29) is 0 Å². The molecule has 1 aliphatic heterocycles. The van der Waals surface area contributed by atoms with Crippen molar-refractivity contribution >= 4 is 46.3 Å². The average molecular weight is 385 g/mol. The van der Waals surface area contributed by atoms with Crippen LogP contribution in [0.1, 0.15) is 5.56 Å². The molecule has 1 saturated heterocycles. The molecule has 24 heavy (non-hydrogen) atoms. The Morgan fingerprint density at radius 1 is 0.875 bits per heavy atom. The van der Waals surface area contributed by atoms with Gasteiger partial charge in [0.25, 0.3) is 0 Å². The average Bonchev–Trinajstić information content (AvgIpc) is 2.60. The Labute approximate surface area is 155 Å². The molecular weight excluding hydrogens is 369 g/mol. The SMILES string of the molecule is O/N=C(\c1cccc(Cl)c1Cl)N1CCN(c2ccccc2Cl)CC1. The summed E-state index contributed by atoms with van der Waals surface area (Å²) in [6.07, 6.45) is 0. The molecule has 0 amide bonds. The number of hydrogen-bond acceptors (Lipinski definition) is 3. The summed E-state index contributed by atoms with van der Waals surface area (Å²) >= 11 is 18.6. The monoisotopic (exact) mass is 383 g/mol. The maximum Gasteiger partial charge on any atom is 0.176 e. The Bertz CT molecular complexity index is 758. The number of para-hydroxylation sites is 1. The van der Waals surface area contributed by atoms with Crippen LogP contribution in [0.4, 0.5) is 5.69 Å². The molecule has 2 aromatic rings. The highest BCUT2D eigenvalue weighted by Crippen LogP contribution is 2.29. The molecule has 7 heteroatoms. The van der Waals surface area contributed by atoms with Crippen molar-refractivity contribution in [2.45, 2.75) is 0 Å². The predicted octanol–water partition coefficient (Wildman–Crippen LogP) is 4.60. The number of halogens is 3. The first-order valence-corrected chi connectivity index (χ1v) is 8.66. The van der Waals surface area contributed by atoms with Gasteiger partial charge < -0.3 is 15.0 Å². The second-order valence-electron chi connectivity index (χ2n) is 5.45. The highest BCUT2D eigenvalue weighted by Gasteiger charge is 2.24. The van der Waals surface area contributed by atoms with Crippen molar-refractivity contribution in [1.82, 2.24) is 4.90 Å². The van der Waals surface area contributed by atoms with Crippen LogP contribution in [-0.2, 0) is 0 Å². The van der Waals surface area contributed by atoms with Gasteiger partial charge in [0.05, 0.1) is 20.8 Å². The fourth-order valence-corrected chi connectivity index (χ4v) is 3.47. The zero-order valence-corrected chi connectivity index (χ0v) is 15.1. The summed E-state index contributed by atoms with van der Waals surface area (Å²) in [6, 6.07) is 13.1. The van der Waals surface area contributed by atoms with E-state index in [1.54, 1.807) is 18.2 Å². The molecule has 1 heterocycles. The summed E-state index contributed by atoms with van der Waals surface area (Å²) in [7, 11) is 0. The topological polar surface area (TPSA) is 39.1 Å². The number of hydrogen-bond donors (Lipinski definition) is 1. The Morgan fingerprint density at radius 3 is 2.21 bits per heavy atom. The molecule has 1 fully saturated rings. The lowest BCUT2D eigenvalue weighted by Crippen LogP contribution is -2.49. The fraction of sp³-hybridized carbons (Fsp3) is 0.235. The lowest BCUT2D eigenvalue weighted by molar-refractivity contribution is 0.296. The summed E-state index contributed by atoms with van der Waals surface area (Å²) in [5, 5.41) is 14.5. The van der Waals surface area contributed by atoms with Crippen LogP contribution in [0.15, 0.2) is 47.6 Å². The first kappa shape index (κ1) is 17.2. The lowest BCUT2D eigenvalue weighted by Gasteiger charge is -2.37. The number of anilines is 1. The van der Waals surface area contributed by atoms with Gasteiger partial charge in [-0.05, 0) is 24.3 Å². The Hall–Kier alpha value is -1.62. The molecule has 0 spiro atoms. The van der Waals surface area contributed by atoms with Crippen molar-refractivity contribution < 1.29 is 5.21 Å². The largest absolute Gasteiger partial charge is 0.409 e. The van der Waals surface area contributed by atoms with E-state index >= 15 is 0 Å². The minimum atomic E-state index is 0.389. The van der Waals surface area contributed by atoms with Gasteiger partial charge in [-0.15, -0.1) is 0 Å². The van der Waals surface area contributed by atoms with Crippen molar-refractivity contribution in [2.24, 2.45) is 5.16 Å². The van der Waals surface area contributed by atoms with Gasteiger partial charge in [0.2, 0.25) is 0 Å². The highest BCUT2D eigenvalue weighted by atomic mass is 35.5. The number of benzene rings is 2. The van der Waals surface area contributed by atoms with E-state index in [1.807, 2.05) is 29.2 Å². The van der Waals surface area contributed by atoms with E-state index in [0.717, 1.165) is 23.8 Å². The molecule has 3 rings (SSSR count). The molecule has 0 atom stereocenters. The van der Waals surface area contributed by atoms with Crippen molar-refractivity contribution in [3.8, 4) is 0 Å². The van der Waals surface area contributed by atoms with Crippen molar-refractivity contribution in [2.75, 3.05) is 31.1 Å². The van der Waals surface area contributed by atoms with Crippen LogP contribution < -0.4 is 4.90 Å². The number of amidine groups is 1. The van der Waals surface area contributed by atoms with Crippen LogP contribution in [0, 0.1) is 0 Å². The maximum absolute atomic E-state index is 9.48. The molecule has 0 unspecified atom stereocenters. The van der Waals surface area contributed by atoms with Gasteiger partial charge in [-0.3, -0.25) is 0 Å². The zero-order chi connectivity index (χ0) is 17.1. The molecule has 1 N–H and O–H groups in total. The summed E-state index contributed by atoms with van der Waals surface area (Å²) in [5.74, 6) is 0.432. The molecule has 0 bridgehead atoms. The van der Waals surface area contributed by atoms with Crippen molar-refractivity contribution in [3.63, 3.8) is 0 Å². The number of oxime groups is 1. The van der Waals surface area contributed by atoms with Crippen molar-refractivity contribution in [1.29, 1.82) is 0 Å². The predicted molar refractivity (Wildman–Crippen MR) is 100 cm³/mol. The van der Waals surface area contributed by atoms with E-state index in [1.165, 1.54) is 0 Å². The van der Waals surface area contributed by atoms with Crippen LogP contribution in [0.25, 0.3) is 0 Å². The van der Waals surface area contributed by atoms with Gasteiger partial charge in [-0.25, -0.2) is 0 Å². The molecule has 2 aromatic carbocycles. The Morgan fingerprint density at radius 2 is 1.54 bits per heavy atom. The molecule has 0 aromatic heterocycles. The summed E-state index contributed by atoms with van der Waals surface area (Å²) in [6.45, 7) is 2.91. The summed E-state index contributed by atoms with van der Waals surface area (Å²) in [5.41, 5.74) is 1.64. The highest BCUT2D eigenvalue weighted by molar-refractivity contribution is 6.44.